The number of rotatable bonds is 5. The number of amides is 1. The molecule has 0 aliphatic heterocycles. The molecule has 0 aromatic carbocycles. The van der Waals surface area contributed by atoms with E-state index in [-0.39, 0.29) is 18.7 Å². The summed E-state index contributed by atoms with van der Waals surface area (Å²) in [4.78, 5) is 24.9. The molecule has 18 heavy (non-hydrogen) atoms. The fraction of sp³-hybridized carbons (Fsp3) is 0.769. The van der Waals surface area contributed by atoms with Gasteiger partial charge >= 0.3 is 5.97 Å². The van der Waals surface area contributed by atoms with Crippen LogP contribution in [0.4, 0.5) is 0 Å². The molecule has 0 atom stereocenters. The number of carboxylic acids is 1. The van der Waals surface area contributed by atoms with Gasteiger partial charge in [-0.05, 0) is 12.8 Å². The Labute approximate surface area is 107 Å². The van der Waals surface area contributed by atoms with E-state index in [1.54, 1.807) is 7.05 Å². The van der Waals surface area contributed by atoms with Crippen molar-refractivity contribution < 1.29 is 14.7 Å². The molecule has 0 aromatic heterocycles. The van der Waals surface area contributed by atoms with E-state index in [0.29, 0.717) is 19.4 Å². The normalized spacial score (nSPS) is 17.8. The highest BCUT2D eigenvalue weighted by Crippen LogP contribution is 2.39. The molecule has 100 valence electrons. The minimum Gasteiger partial charge on any atom is -0.481 e. The van der Waals surface area contributed by atoms with E-state index in [1.807, 2.05) is 6.07 Å². The number of nitriles is 1. The maximum atomic E-state index is 12.0. The smallest absolute Gasteiger partial charge is 0.310 e. The molecule has 0 unspecified atom stereocenters. The number of carbonyl (C=O) groups excluding carboxylic acids is 1. The van der Waals surface area contributed by atoms with Gasteiger partial charge in [0.2, 0.25) is 5.91 Å². The Morgan fingerprint density at radius 1 is 1.33 bits per heavy atom. The second-order valence-corrected chi connectivity index (χ2v) is 5.05. The summed E-state index contributed by atoms with van der Waals surface area (Å²) in [6.07, 6.45) is 4.31. The van der Waals surface area contributed by atoms with Crippen LogP contribution in [0.5, 0.6) is 0 Å². The third kappa shape index (κ3) is 3.46. The van der Waals surface area contributed by atoms with Gasteiger partial charge in [0, 0.05) is 20.0 Å². The Morgan fingerprint density at radius 2 is 1.94 bits per heavy atom. The van der Waals surface area contributed by atoms with E-state index in [4.69, 9.17) is 5.26 Å². The van der Waals surface area contributed by atoms with E-state index >= 15 is 0 Å². The summed E-state index contributed by atoms with van der Waals surface area (Å²) >= 11 is 0. The average Bonchev–Trinajstić information content (AvgIpc) is 2.36. The second-order valence-electron chi connectivity index (χ2n) is 5.05. The van der Waals surface area contributed by atoms with Gasteiger partial charge in [0.15, 0.2) is 0 Å². The molecule has 0 aromatic rings. The van der Waals surface area contributed by atoms with Crippen LogP contribution in [0.25, 0.3) is 0 Å². The zero-order valence-corrected chi connectivity index (χ0v) is 10.8. The first-order valence-corrected chi connectivity index (χ1v) is 6.36. The van der Waals surface area contributed by atoms with E-state index in [1.165, 1.54) is 4.90 Å². The van der Waals surface area contributed by atoms with Crippen LogP contribution in [-0.4, -0.2) is 35.5 Å². The minimum atomic E-state index is -0.879. The Morgan fingerprint density at radius 3 is 2.44 bits per heavy atom. The summed E-state index contributed by atoms with van der Waals surface area (Å²) in [6, 6.07) is 1.98. The van der Waals surface area contributed by atoms with E-state index in [9.17, 15) is 14.7 Å². The van der Waals surface area contributed by atoms with Crippen molar-refractivity contribution in [2.45, 2.75) is 44.9 Å². The number of hydrogen-bond acceptors (Lipinski definition) is 3. The monoisotopic (exact) mass is 252 g/mol. The third-order valence-electron chi connectivity index (χ3n) is 3.74. The van der Waals surface area contributed by atoms with Crippen LogP contribution >= 0.6 is 0 Å². The summed E-state index contributed by atoms with van der Waals surface area (Å²) < 4.78 is 0. The van der Waals surface area contributed by atoms with Crippen LogP contribution in [0.2, 0.25) is 0 Å². The Hall–Kier alpha value is -1.57. The largest absolute Gasteiger partial charge is 0.481 e. The van der Waals surface area contributed by atoms with E-state index in [0.717, 1.165) is 19.3 Å². The van der Waals surface area contributed by atoms with Gasteiger partial charge in [-0.3, -0.25) is 9.59 Å². The number of carbonyl (C=O) groups is 2. The fourth-order valence-corrected chi connectivity index (χ4v) is 2.46. The highest BCUT2D eigenvalue weighted by atomic mass is 16.4. The first kappa shape index (κ1) is 14.5. The Bertz CT molecular complexity index is 354. The molecule has 0 saturated heterocycles. The lowest BCUT2D eigenvalue weighted by molar-refractivity contribution is -0.155. The molecule has 1 amide bonds. The molecule has 5 nitrogen and oxygen atoms in total. The molecule has 1 fully saturated rings. The molecule has 0 spiro atoms. The van der Waals surface area contributed by atoms with Crippen molar-refractivity contribution in [3.8, 4) is 6.07 Å². The Kier molecular flexibility index (Phi) is 5.14. The molecule has 0 bridgehead atoms. The quantitative estimate of drug-likeness (QED) is 0.808. The predicted molar refractivity (Wildman–Crippen MR) is 65.6 cm³/mol. The van der Waals surface area contributed by atoms with Crippen LogP contribution in [0.15, 0.2) is 0 Å². The number of aliphatic carboxylic acids is 1. The molecule has 1 saturated carbocycles. The molecular weight excluding hydrogens is 232 g/mol. The van der Waals surface area contributed by atoms with Gasteiger partial charge in [-0.15, -0.1) is 0 Å². The predicted octanol–water partition coefficient (Wildman–Crippen LogP) is 1.78. The van der Waals surface area contributed by atoms with Crippen LogP contribution < -0.4 is 0 Å². The third-order valence-corrected chi connectivity index (χ3v) is 3.74. The van der Waals surface area contributed by atoms with Gasteiger partial charge < -0.3 is 10.0 Å². The van der Waals surface area contributed by atoms with Crippen LogP contribution in [0.3, 0.4) is 0 Å². The maximum absolute atomic E-state index is 12.0. The summed E-state index contributed by atoms with van der Waals surface area (Å²) in [5.74, 6) is -1.03. The van der Waals surface area contributed by atoms with Crippen LogP contribution in [0, 0.1) is 16.7 Å². The summed E-state index contributed by atoms with van der Waals surface area (Å²) in [5.41, 5.74) is -0.879. The molecule has 1 rings (SSSR count). The first-order chi connectivity index (χ1) is 8.52. The number of hydrogen-bond donors (Lipinski definition) is 1. The Balaban J connectivity index is 2.64. The molecule has 1 aliphatic rings. The minimum absolute atomic E-state index is 0.0598. The van der Waals surface area contributed by atoms with Crippen molar-refractivity contribution in [1.82, 2.24) is 4.90 Å². The average molecular weight is 252 g/mol. The van der Waals surface area contributed by atoms with Gasteiger partial charge in [0.25, 0.3) is 0 Å². The van der Waals surface area contributed by atoms with Crippen molar-refractivity contribution in [2.24, 2.45) is 5.41 Å². The lowest BCUT2D eigenvalue weighted by Gasteiger charge is -2.33. The van der Waals surface area contributed by atoms with Crippen molar-refractivity contribution in [3.05, 3.63) is 0 Å². The van der Waals surface area contributed by atoms with Gasteiger partial charge in [0.1, 0.15) is 0 Å². The fourth-order valence-electron chi connectivity index (χ4n) is 2.46. The molecular formula is C13H20N2O3. The van der Waals surface area contributed by atoms with Crippen molar-refractivity contribution >= 4 is 11.9 Å². The number of carboxylic acid groups (broad SMARTS) is 1. The van der Waals surface area contributed by atoms with Crippen molar-refractivity contribution in [2.75, 3.05) is 13.6 Å². The lowest BCUT2D eigenvalue weighted by atomic mass is 9.71. The molecule has 0 heterocycles. The zero-order valence-electron chi connectivity index (χ0n) is 10.8. The first-order valence-electron chi connectivity index (χ1n) is 6.36. The van der Waals surface area contributed by atoms with Gasteiger partial charge in [-0.2, -0.15) is 5.26 Å². The van der Waals surface area contributed by atoms with Gasteiger partial charge in [-0.25, -0.2) is 0 Å². The highest BCUT2D eigenvalue weighted by molar-refractivity contribution is 5.85. The highest BCUT2D eigenvalue weighted by Gasteiger charge is 2.41. The van der Waals surface area contributed by atoms with Crippen molar-refractivity contribution in [3.63, 3.8) is 0 Å². The van der Waals surface area contributed by atoms with Gasteiger partial charge in [-0.1, -0.05) is 19.3 Å². The SMILES string of the molecule is CN(CCC#N)C(=O)CC1(C(=O)O)CCCCC1. The maximum Gasteiger partial charge on any atom is 0.310 e. The molecule has 5 heteroatoms. The van der Waals surface area contributed by atoms with Crippen LogP contribution in [0.1, 0.15) is 44.9 Å². The lowest BCUT2D eigenvalue weighted by Crippen LogP contribution is -2.40. The molecule has 1 aliphatic carbocycles. The van der Waals surface area contributed by atoms with Gasteiger partial charge in [0.05, 0.1) is 17.9 Å². The second kappa shape index (κ2) is 6.39. The van der Waals surface area contributed by atoms with E-state index < -0.39 is 11.4 Å². The topological polar surface area (TPSA) is 81.4 Å². The molecule has 0 radical (unpaired) electrons. The summed E-state index contributed by atoms with van der Waals surface area (Å²) in [5, 5.41) is 17.8. The van der Waals surface area contributed by atoms with E-state index in [2.05, 4.69) is 0 Å². The summed E-state index contributed by atoms with van der Waals surface area (Å²) in [7, 11) is 1.62. The van der Waals surface area contributed by atoms with Crippen molar-refractivity contribution in [1.29, 1.82) is 5.26 Å². The standard InChI is InChI=1S/C13H20N2O3/c1-15(9-5-8-14)11(16)10-13(12(17)18)6-3-2-4-7-13/h2-7,9-10H2,1H3,(H,17,18). The number of nitrogens with zero attached hydrogens (tertiary/aromatic N) is 2. The zero-order chi connectivity index (χ0) is 13.6. The molecule has 1 N–H and O–H groups in total. The summed E-state index contributed by atoms with van der Waals surface area (Å²) in [6.45, 7) is 0.366. The van der Waals surface area contributed by atoms with Crippen LogP contribution in [-0.2, 0) is 9.59 Å².